The van der Waals surface area contributed by atoms with E-state index in [9.17, 15) is 0 Å². The number of anilines is 3. The van der Waals surface area contributed by atoms with Crippen LogP contribution in [-0.2, 0) is 5.41 Å². The van der Waals surface area contributed by atoms with Crippen LogP contribution in [0.15, 0.2) is 285 Å². The lowest BCUT2D eigenvalue weighted by molar-refractivity contribution is 0.793. The van der Waals surface area contributed by atoms with Gasteiger partial charge in [0.15, 0.2) is 0 Å². The van der Waals surface area contributed by atoms with Gasteiger partial charge in [-0.05, 0) is 158 Å². The minimum atomic E-state index is -0.440. The molecule has 3 heteroatoms. The molecule has 2 aliphatic carbocycles. The van der Waals surface area contributed by atoms with Crippen molar-refractivity contribution in [2.45, 2.75) is 5.41 Å². The largest absolute Gasteiger partial charge is 0.310 e. The maximum absolute atomic E-state index is 2.48. The Morgan fingerprint density at radius 1 is 0.250 bits per heavy atom. The summed E-state index contributed by atoms with van der Waals surface area (Å²) in [6, 6.07) is 106. The van der Waals surface area contributed by atoms with Crippen molar-refractivity contribution in [2.75, 3.05) is 4.90 Å². The van der Waals surface area contributed by atoms with Gasteiger partial charge in [-0.15, -0.1) is 0 Å². The summed E-state index contributed by atoms with van der Waals surface area (Å²) in [7, 11) is 0. The van der Waals surface area contributed by atoms with E-state index in [4.69, 9.17) is 0 Å². The summed E-state index contributed by atoms with van der Waals surface area (Å²) in [4.78, 5) is 2.43. The number of nitrogens with zero attached hydrogens (tertiary/aromatic N) is 3. The topological polar surface area (TPSA) is 13.1 Å². The van der Waals surface area contributed by atoms with E-state index in [-0.39, 0.29) is 0 Å². The molecule has 0 amide bonds. The molecule has 76 heavy (non-hydrogen) atoms. The predicted molar refractivity (Wildman–Crippen MR) is 317 cm³/mol. The molecule has 12 aromatic carbocycles. The predicted octanol–water partition coefficient (Wildman–Crippen LogP) is 19.0. The highest BCUT2D eigenvalue weighted by Crippen LogP contribution is 2.63. The van der Waals surface area contributed by atoms with Crippen LogP contribution in [0.4, 0.5) is 17.1 Å². The highest BCUT2D eigenvalue weighted by molar-refractivity contribution is 6.17. The summed E-state index contributed by atoms with van der Waals surface area (Å²) in [6.45, 7) is 0. The standard InChI is InChI=1S/C73H47N3/c1-4-20-51(21-5-1)74(55-41-42-59-58-28-12-17-33-67(58)73(68(59)47-55)65-31-15-10-26-56(65)57-27-11-16-32-66(57)73)54-39-36-48(37-40-54)50-45-62(72-64(46-50)61-30-14-19-35-70(61)76(72)53-24-8-3-9-25-53)49-38-43-71-63(44-49)60-29-13-18-34-69(60)75(71)52-22-6-2-7-23-52/h1-47H. The lowest BCUT2D eigenvalue weighted by Crippen LogP contribution is -2.26. The molecule has 2 aliphatic rings. The van der Waals surface area contributed by atoms with E-state index in [1.165, 1.54) is 105 Å². The van der Waals surface area contributed by atoms with Crippen LogP contribution in [-0.4, -0.2) is 9.13 Å². The minimum Gasteiger partial charge on any atom is -0.310 e. The molecule has 0 bridgehead atoms. The van der Waals surface area contributed by atoms with Crippen molar-refractivity contribution in [3.8, 4) is 55.9 Å². The van der Waals surface area contributed by atoms with Crippen LogP contribution in [0.3, 0.4) is 0 Å². The van der Waals surface area contributed by atoms with Crippen LogP contribution >= 0.6 is 0 Å². The Morgan fingerprint density at radius 3 is 1.33 bits per heavy atom. The van der Waals surface area contributed by atoms with Crippen molar-refractivity contribution >= 4 is 60.7 Å². The van der Waals surface area contributed by atoms with Gasteiger partial charge in [0.2, 0.25) is 0 Å². The van der Waals surface area contributed by atoms with Crippen LogP contribution < -0.4 is 4.90 Å². The molecule has 0 radical (unpaired) electrons. The summed E-state index contributed by atoms with van der Waals surface area (Å²) in [6.07, 6.45) is 0. The number of benzene rings is 12. The maximum Gasteiger partial charge on any atom is 0.0726 e. The summed E-state index contributed by atoms with van der Waals surface area (Å²) < 4.78 is 4.86. The molecule has 0 aliphatic heterocycles. The molecule has 16 rings (SSSR count). The highest BCUT2D eigenvalue weighted by atomic mass is 15.1. The molecule has 0 atom stereocenters. The Balaban J connectivity index is 0.881. The summed E-state index contributed by atoms with van der Waals surface area (Å²) in [5.41, 5.74) is 25.2. The van der Waals surface area contributed by atoms with Gasteiger partial charge in [0, 0.05) is 55.5 Å². The molecular formula is C73H47N3. The maximum atomic E-state index is 2.48. The first-order valence-electron chi connectivity index (χ1n) is 26.3. The summed E-state index contributed by atoms with van der Waals surface area (Å²) >= 11 is 0. The van der Waals surface area contributed by atoms with Gasteiger partial charge in [0.1, 0.15) is 0 Å². The second-order valence-corrected chi connectivity index (χ2v) is 20.4. The fraction of sp³-hybridized carbons (Fsp3) is 0.0137. The first kappa shape index (κ1) is 42.5. The fourth-order valence-electron chi connectivity index (χ4n) is 13.4. The van der Waals surface area contributed by atoms with Crippen LogP contribution in [0.25, 0.3) is 99.5 Å². The molecule has 1 spiro atoms. The van der Waals surface area contributed by atoms with E-state index in [0.717, 1.165) is 34.0 Å². The third kappa shape index (κ3) is 6.05. The second-order valence-electron chi connectivity index (χ2n) is 20.4. The van der Waals surface area contributed by atoms with Gasteiger partial charge >= 0.3 is 0 Å². The first-order chi connectivity index (χ1) is 37.7. The first-order valence-corrected chi connectivity index (χ1v) is 26.3. The molecule has 2 heterocycles. The molecule has 0 N–H and O–H groups in total. The zero-order chi connectivity index (χ0) is 49.9. The van der Waals surface area contributed by atoms with Crippen molar-refractivity contribution in [1.82, 2.24) is 9.13 Å². The molecule has 0 unspecified atom stereocenters. The SMILES string of the molecule is c1ccc(N(c2ccc(-c3cc(-c4ccc5c(c4)c4ccccc4n5-c4ccccc4)c4c(c3)c3ccccc3n4-c3ccccc3)cc2)c2ccc3c(c2)C2(c4ccccc4-c4ccccc42)c2ccccc2-3)cc1. The second kappa shape index (κ2) is 16.5. The minimum absolute atomic E-state index is 0.440. The summed E-state index contributed by atoms with van der Waals surface area (Å²) in [5.74, 6) is 0. The van der Waals surface area contributed by atoms with Crippen molar-refractivity contribution in [3.63, 3.8) is 0 Å². The highest BCUT2D eigenvalue weighted by Gasteiger charge is 2.51. The molecule has 3 nitrogen and oxygen atoms in total. The summed E-state index contributed by atoms with van der Waals surface area (Å²) in [5, 5.41) is 4.91. The Hall–Kier alpha value is -9.96. The number of hydrogen-bond acceptors (Lipinski definition) is 1. The lowest BCUT2D eigenvalue weighted by Gasteiger charge is -2.32. The third-order valence-corrected chi connectivity index (χ3v) is 16.5. The Labute approximate surface area is 441 Å². The van der Waals surface area contributed by atoms with Crippen LogP contribution in [0.2, 0.25) is 0 Å². The van der Waals surface area contributed by atoms with Gasteiger partial charge < -0.3 is 14.0 Å². The number of rotatable bonds is 7. The molecule has 0 saturated heterocycles. The molecular weight excluding hydrogens is 919 g/mol. The van der Waals surface area contributed by atoms with E-state index in [1.54, 1.807) is 0 Å². The van der Waals surface area contributed by atoms with Crippen LogP contribution in [0, 0.1) is 0 Å². The monoisotopic (exact) mass is 965 g/mol. The Kier molecular flexibility index (Phi) is 9.25. The van der Waals surface area contributed by atoms with Gasteiger partial charge in [-0.25, -0.2) is 0 Å². The van der Waals surface area contributed by atoms with Gasteiger partial charge in [0.05, 0.1) is 27.5 Å². The van der Waals surface area contributed by atoms with Gasteiger partial charge in [0.25, 0.3) is 0 Å². The Bertz CT molecular complexity index is 4560. The van der Waals surface area contributed by atoms with Crippen molar-refractivity contribution in [2.24, 2.45) is 0 Å². The van der Waals surface area contributed by atoms with E-state index in [2.05, 4.69) is 299 Å². The van der Waals surface area contributed by atoms with Crippen LogP contribution in [0.5, 0.6) is 0 Å². The average Bonchev–Trinajstić information content (AvgIpc) is 4.30. The fourth-order valence-corrected chi connectivity index (χ4v) is 13.4. The Morgan fingerprint density at radius 2 is 0.697 bits per heavy atom. The normalized spacial score (nSPS) is 12.8. The van der Waals surface area contributed by atoms with Crippen molar-refractivity contribution in [3.05, 3.63) is 307 Å². The van der Waals surface area contributed by atoms with E-state index in [0.29, 0.717) is 0 Å². The zero-order valence-electron chi connectivity index (χ0n) is 41.5. The van der Waals surface area contributed by atoms with Gasteiger partial charge in [-0.1, -0.05) is 188 Å². The zero-order valence-corrected chi connectivity index (χ0v) is 41.5. The smallest absolute Gasteiger partial charge is 0.0726 e. The van der Waals surface area contributed by atoms with Gasteiger partial charge in [-0.3, -0.25) is 0 Å². The van der Waals surface area contributed by atoms with Crippen molar-refractivity contribution < 1.29 is 0 Å². The molecule has 0 fully saturated rings. The number of para-hydroxylation sites is 5. The van der Waals surface area contributed by atoms with E-state index < -0.39 is 5.41 Å². The number of fused-ring (bicyclic) bond motifs is 16. The average molecular weight is 966 g/mol. The van der Waals surface area contributed by atoms with E-state index >= 15 is 0 Å². The van der Waals surface area contributed by atoms with E-state index in [1.807, 2.05) is 0 Å². The van der Waals surface area contributed by atoms with Crippen LogP contribution in [0.1, 0.15) is 22.3 Å². The van der Waals surface area contributed by atoms with Crippen molar-refractivity contribution in [1.29, 1.82) is 0 Å². The molecule has 0 saturated carbocycles. The number of hydrogen-bond donors (Lipinski definition) is 0. The molecule has 14 aromatic rings. The lowest BCUT2D eigenvalue weighted by atomic mass is 9.70. The van der Waals surface area contributed by atoms with Gasteiger partial charge in [-0.2, -0.15) is 0 Å². The molecule has 2 aromatic heterocycles. The third-order valence-electron chi connectivity index (χ3n) is 16.5. The number of aromatic nitrogens is 2. The molecule has 354 valence electrons. The quantitative estimate of drug-likeness (QED) is 0.155.